The van der Waals surface area contributed by atoms with Gasteiger partial charge in [-0.15, -0.1) is 0 Å². The number of aryl methyl sites for hydroxylation is 1. The maximum atomic E-state index is 12.6. The van der Waals surface area contributed by atoms with Crippen molar-refractivity contribution in [1.82, 2.24) is 0 Å². The van der Waals surface area contributed by atoms with E-state index in [-0.39, 0.29) is 15.9 Å². The van der Waals surface area contributed by atoms with E-state index >= 15 is 0 Å². The van der Waals surface area contributed by atoms with Gasteiger partial charge in [0.25, 0.3) is 0 Å². The molecular weight excluding hydrogens is 288 g/mol. The Balaban J connectivity index is 2.46. The zero-order chi connectivity index (χ0) is 14.1. The summed E-state index contributed by atoms with van der Waals surface area (Å²) in [7, 11) is -0.00285. The molecule has 0 bridgehead atoms. The summed E-state index contributed by atoms with van der Waals surface area (Å²) in [5.41, 5.74) is 0.110. The predicted molar refractivity (Wildman–Crippen MR) is 90.1 cm³/mol. The molecule has 1 aromatic heterocycles. The van der Waals surface area contributed by atoms with Gasteiger partial charge in [-0.1, -0.05) is 37.1 Å². The second-order valence-electron chi connectivity index (χ2n) is 4.91. The van der Waals surface area contributed by atoms with E-state index in [0.29, 0.717) is 5.02 Å². The molecule has 0 amide bonds. The molecule has 0 aliphatic rings. The molecule has 1 unspecified atom stereocenters. The van der Waals surface area contributed by atoms with Crippen LogP contribution in [-0.2, 0) is 5.75 Å². The van der Waals surface area contributed by atoms with E-state index in [1.165, 1.54) is 17.5 Å². The lowest BCUT2D eigenvalue weighted by Crippen LogP contribution is -2.02. The molecule has 0 N–H and O–H groups in total. The van der Waals surface area contributed by atoms with Crippen molar-refractivity contribution in [3.8, 4) is 0 Å². The summed E-state index contributed by atoms with van der Waals surface area (Å²) in [6.07, 6.45) is 2.34. The Morgan fingerprint density at radius 2 is 1.80 bits per heavy atom. The second kappa shape index (κ2) is 5.55. The molecule has 3 rings (SSSR count). The molecule has 20 heavy (non-hydrogen) atoms. The van der Waals surface area contributed by atoms with E-state index in [4.69, 9.17) is 11.6 Å². The lowest BCUT2D eigenvalue weighted by Gasteiger charge is -2.03. The SMILES string of the molecule is CCCC[s+]1c2ccccc2c(=O)c2cc(Cl)ccc21. The molecule has 0 saturated heterocycles. The molecule has 0 spiro atoms. The highest BCUT2D eigenvalue weighted by molar-refractivity contribution is 7.41. The maximum absolute atomic E-state index is 12.6. The van der Waals surface area contributed by atoms with Gasteiger partial charge in [0.15, 0.2) is 9.40 Å². The number of unbranched alkanes of at least 4 members (excludes halogenated alkanes) is 1. The first kappa shape index (κ1) is 13.6. The molecule has 1 nitrogen and oxygen atoms in total. The van der Waals surface area contributed by atoms with Crippen molar-refractivity contribution >= 4 is 42.2 Å². The van der Waals surface area contributed by atoms with Crippen LogP contribution in [0.5, 0.6) is 0 Å². The van der Waals surface area contributed by atoms with Crippen molar-refractivity contribution in [2.45, 2.75) is 25.5 Å². The normalized spacial score (nSPS) is 12.2. The molecule has 1 heterocycles. The van der Waals surface area contributed by atoms with E-state index in [1.54, 1.807) is 0 Å². The minimum atomic E-state index is -0.00285. The fourth-order valence-electron chi connectivity index (χ4n) is 2.54. The Bertz CT molecular complexity index is 835. The second-order valence-corrected chi connectivity index (χ2v) is 7.42. The van der Waals surface area contributed by atoms with Gasteiger partial charge in [-0.25, -0.2) is 0 Å². The van der Waals surface area contributed by atoms with Gasteiger partial charge in [0, 0.05) is 11.1 Å². The summed E-state index contributed by atoms with van der Waals surface area (Å²) < 4.78 is 2.35. The van der Waals surface area contributed by atoms with Gasteiger partial charge in [0.1, 0.15) is 5.75 Å². The van der Waals surface area contributed by atoms with Crippen LogP contribution in [0.25, 0.3) is 20.2 Å². The molecule has 0 fully saturated rings. The molecular formula is C17H16ClOS+. The number of rotatable bonds is 3. The Labute approximate surface area is 125 Å². The van der Waals surface area contributed by atoms with E-state index in [1.807, 2.05) is 36.4 Å². The smallest absolute Gasteiger partial charge is 0.204 e. The first-order chi connectivity index (χ1) is 9.72. The molecule has 0 aliphatic heterocycles. The molecule has 3 heteroatoms. The van der Waals surface area contributed by atoms with Crippen LogP contribution in [0.4, 0.5) is 0 Å². The van der Waals surface area contributed by atoms with Crippen LogP contribution in [0.1, 0.15) is 19.8 Å². The van der Waals surface area contributed by atoms with Crippen LogP contribution in [0.2, 0.25) is 5.02 Å². The van der Waals surface area contributed by atoms with Gasteiger partial charge in [-0.2, -0.15) is 0 Å². The van der Waals surface area contributed by atoms with E-state index in [9.17, 15) is 4.79 Å². The van der Waals surface area contributed by atoms with Gasteiger partial charge in [0.05, 0.1) is 10.8 Å². The van der Waals surface area contributed by atoms with E-state index in [0.717, 1.165) is 21.2 Å². The molecule has 1 atom stereocenters. The van der Waals surface area contributed by atoms with Crippen LogP contribution in [0.15, 0.2) is 47.3 Å². The fraction of sp³-hybridized carbons (Fsp3) is 0.235. The van der Waals surface area contributed by atoms with Crippen molar-refractivity contribution in [2.24, 2.45) is 0 Å². The Morgan fingerprint density at radius 1 is 1.05 bits per heavy atom. The highest BCUT2D eigenvalue weighted by atomic mass is 35.5. The number of hydrogen-bond acceptors (Lipinski definition) is 1. The number of benzene rings is 2. The molecule has 2 aromatic carbocycles. The average molecular weight is 304 g/mol. The topological polar surface area (TPSA) is 17.1 Å². The number of fused-ring (bicyclic) bond motifs is 2. The standard InChI is InChI=1S/C17H16ClOS/c1-2-3-10-20-15-7-5-4-6-13(15)17(19)14-11-12(18)8-9-16(14)20/h4-9,11H,2-3,10H2,1H3/q+1. The largest absolute Gasteiger partial charge is 0.288 e. The lowest BCUT2D eigenvalue weighted by atomic mass is 10.2. The van der Waals surface area contributed by atoms with Crippen molar-refractivity contribution < 1.29 is 0 Å². The van der Waals surface area contributed by atoms with Crippen LogP contribution >= 0.6 is 22.1 Å². The fourth-order valence-corrected chi connectivity index (χ4v) is 5.28. The number of hydrogen-bond donors (Lipinski definition) is 0. The number of halogens is 1. The first-order valence-corrected chi connectivity index (χ1v) is 8.63. The monoisotopic (exact) mass is 303 g/mol. The van der Waals surface area contributed by atoms with Crippen LogP contribution in [0, 0.1) is 0 Å². The van der Waals surface area contributed by atoms with Gasteiger partial charge >= 0.3 is 0 Å². The molecule has 0 aliphatic carbocycles. The Hall–Kier alpha value is -1.38. The summed E-state index contributed by atoms with van der Waals surface area (Å²) in [5.74, 6) is 1.11. The van der Waals surface area contributed by atoms with Crippen LogP contribution < -0.4 is 5.43 Å². The highest BCUT2D eigenvalue weighted by Gasteiger charge is 2.19. The summed E-state index contributed by atoms with van der Waals surface area (Å²) in [5, 5.41) is 2.27. The van der Waals surface area contributed by atoms with Crippen molar-refractivity contribution in [3.05, 3.63) is 57.7 Å². The van der Waals surface area contributed by atoms with Crippen LogP contribution in [-0.4, -0.2) is 0 Å². The average Bonchev–Trinajstić information content (AvgIpc) is 2.48. The lowest BCUT2D eigenvalue weighted by molar-refractivity contribution is 0.854. The summed E-state index contributed by atoms with van der Waals surface area (Å²) in [6, 6.07) is 13.8. The minimum Gasteiger partial charge on any atom is -0.288 e. The van der Waals surface area contributed by atoms with Crippen molar-refractivity contribution in [3.63, 3.8) is 0 Å². The van der Waals surface area contributed by atoms with E-state index < -0.39 is 0 Å². The molecule has 102 valence electrons. The third kappa shape index (κ3) is 2.23. The quantitative estimate of drug-likeness (QED) is 0.457. The Morgan fingerprint density at radius 3 is 2.60 bits per heavy atom. The summed E-state index contributed by atoms with van der Waals surface area (Å²) >= 11 is 6.07. The van der Waals surface area contributed by atoms with Gasteiger partial charge < -0.3 is 0 Å². The van der Waals surface area contributed by atoms with Crippen LogP contribution in [0.3, 0.4) is 0 Å². The van der Waals surface area contributed by atoms with Gasteiger partial charge in [0.2, 0.25) is 5.43 Å². The van der Waals surface area contributed by atoms with E-state index in [2.05, 4.69) is 13.0 Å². The third-order valence-corrected chi connectivity index (χ3v) is 6.26. The van der Waals surface area contributed by atoms with Gasteiger partial charge in [-0.3, -0.25) is 4.79 Å². The Kier molecular flexibility index (Phi) is 3.77. The van der Waals surface area contributed by atoms with Gasteiger partial charge in [-0.05, 0) is 41.2 Å². The molecule has 0 saturated carbocycles. The zero-order valence-corrected chi connectivity index (χ0v) is 12.9. The first-order valence-electron chi connectivity index (χ1n) is 6.86. The summed E-state index contributed by atoms with van der Waals surface area (Å²) in [6.45, 7) is 2.20. The highest BCUT2D eigenvalue weighted by Crippen LogP contribution is 2.38. The molecule has 3 aromatic rings. The zero-order valence-electron chi connectivity index (χ0n) is 11.4. The van der Waals surface area contributed by atoms with Crippen molar-refractivity contribution in [1.29, 1.82) is 0 Å². The minimum absolute atomic E-state index is 0.00285. The third-order valence-electron chi connectivity index (χ3n) is 3.55. The maximum Gasteiger partial charge on any atom is 0.204 e. The predicted octanol–water partition coefficient (Wildman–Crippen LogP) is 5.56. The summed E-state index contributed by atoms with van der Waals surface area (Å²) in [4.78, 5) is 12.6. The molecule has 0 radical (unpaired) electrons. The van der Waals surface area contributed by atoms with Crippen molar-refractivity contribution in [2.75, 3.05) is 0 Å².